The van der Waals surface area contributed by atoms with E-state index in [2.05, 4.69) is 96.3 Å². The van der Waals surface area contributed by atoms with Crippen molar-refractivity contribution >= 4 is 12.2 Å². The fourth-order valence-electron chi connectivity index (χ4n) is 3.07. The van der Waals surface area contributed by atoms with E-state index in [9.17, 15) is 0 Å². The Bertz CT molecular complexity index is 915. The quantitative estimate of drug-likeness (QED) is 0.513. The fraction of sp³-hybridized carbons (Fsp3) is 0.320. The number of aromatic nitrogens is 2. The smallest absolute Gasteiger partial charge is 0.0892 e. The van der Waals surface area contributed by atoms with Gasteiger partial charge in [0.15, 0.2) is 0 Å². The number of benzene rings is 2. The number of nitrogens with zero attached hydrogens (tertiary/aromatic N) is 2. The van der Waals surface area contributed by atoms with Crippen LogP contribution >= 0.6 is 0 Å². The molecule has 140 valence electrons. The molecule has 27 heavy (non-hydrogen) atoms. The Balaban J connectivity index is 1.94. The Morgan fingerprint density at radius 2 is 1.37 bits per heavy atom. The van der Waals surface area contributed by atoms with E-state index >= 15 is 0 Å². The molecule has 0 spiro atoms. The van der Waals surface area contributed by atoms with Gasteiger partial charge < -0.3 is 0 Å². The van der Waals surface area contributed by atoms with Crippen molar-refractivity contribution < 1.29 is 0 Å². The third kappa shape index (κ3) is 4.57. The van der Waals surface area contributed by atoms with Crippen LogP contribution in [0.1, 0.15) is 63.9 Å². The minimum absolute atomic E-state index is 0.0306. The first-order valence-electron chi connectivity index (χ1n) is 9.59. The first-order valence-corrected chi connectivity index (χ1v) is 9.59. The van der Waals surface area contributed by atoms with Gasteiger partial charge in [0.1, 0.15) is 0 Å². The summed E-state index contributed by atoms with van der Waals surface area (Å²) in [6.45, 7) is 13.4. The molecule has 0 unspecified atom stereocenters. The lowest BCUT2D eigenvalue weighted by atomic mass is 9.86. The zero-order valence-electron chi connectivity index (χ0n) is 17.3. The molecule has 0 radical (unpaired) electrons. The molecule has 0 aliphatic carbocycles. The highest BCUT2D eigenvalue weighted by Crippen LogP contribution is 2.28. The van der Waals surface area contributed by atoms with Gasteiger partial charge in [-0.3, -0.25) is 0 Å². The summed E-state index contributed by atoms with van der Waals surface area (Å²) < 4.78 is 1.98. The molecule has 0 bridgehead atoms. The number of hydrogen-bond donors (Lipinski definition) is 0. The number of para-hydroxylation sites is 1. The molecular weight excluding hydrogens is 328 g/mol. The Morgan fingerprint density at radius 1 is 0.741 bits per heavy atom. The molecule has 2 heteroatoms. The van der Waals surface area contributed by atoms with E-state index in [4.69, 9.17) is 5.10 Å². The van der Waals surface area contributed by atoms with Crippen molar-refractivity contribution in [3.63, 3.8) is 0 Å². The van der Waals surface area contributed by atoms with E-state index in [-0.39, 0.29) is 10.8 Å². The lowest BCUT2D eigenvalue weighted by molar-refractivity contribution is 0.589. The van der Waals surface area contributed by atoms with E-state index in [1.807, 2.05) is 22.9 Å². The van der Waals surface area contributed by atoms with Crippen molar-refractivity contribution in [2.24, 2.45) is 0 Å². The summed E-state index contributed by atoms with van der Waals surface area (Å²) in [5, 5.41) is 4.85. The van der Waals surface area contributed by atoms with Gasteiger partial charge in [0.2, 0.25) is 0 Å². The van der Waals surface area contributed by atoms with Crippen LogP contribution in [0.25, 0.3) is 17.8 Å². The van der Waals surface area contributed by atoms with Gasteiger partial charge in [-0.2, -0.15) is 5.10 Å². The summed E-state index contributed by atoms with van der Waals surface area (Å²) in [4.78, 5) is 0. The van der Waals surface area contributed by atoms with Gasteiger partial charge in [-0.05, 0) is 40.2 Å². The summed E-state index contributed by atoms with van der Waals surface area (Å²) in [6.07, 6.45) is 6.43. The molecule has 1 aromatic heterocycles. The second-order valence-electron chi connectivity index (χ2n) is 9.16. The standard InChI is InChI=1S/C25H30N2/c1-24(2,3)20-15-12-19(13-16-20)14-17-23-22(25(4,5)6)18-27(26-23)21-10-8-7-9-11-21/h7-18H,1-6H3. The third-order valence-electron chi connectivity index (χ3n) is 4.78. The lowest BCUT2D eigenvalue weighted by Gasteiger charge is -2.18. The normalized spacial score (nSPS) is 12.7. The van der Waals surface area contributed by atoms with Crippen LogP contribution in [0.15, 0.2) is 60.8 Å². The van der Waals surface area contributed by atoms with Crippen LogP contribution in [-0.2, 0) is 10.8 Å². The minimum Gasteiger partial charge on any atom is -0.240 e. The Kier molecular flexibility index (Phi) is 5.10. The summed E-state index contributed by atoms with van der Waals surface area (Å²) in [5.41, 5.74) is 6.09. The highest BCUT2D eigenvalue weighted by molar-refractivity contribution is 5.70. The molecule has 0 aliphatic heterocycles. The average Bonchev–Trinajstić information content (AvgIpc) is 3.05. The van der Waals surface area contributed by atoms with Crippen molar-refractivity contribution in [2.45, 2.75) is 52.4 Å². The predicted octanol–water partition coefficient (Wildman–Crippen LogP) is 6.64. The molecule has 0 saturated carbocycles. The molecule has 3 rings (SSSR count). The van der Waals surface area contributed by atoms with Gasteiger partial charge in [-0.15, -0.1) is 0 Å². The summed E-state index contributed by atoms with van der Waals surface area (Å²) >= 11 is 0. The second kappa shape index (κ2) is 7.19. The zero-order chi connectivity index (χ0) is 19.7. The second-order valence-corrected chi connectivity index (χ2v) is 9.16. The highest BCUT2D eigenvalue weighted by Gasteiger charge is 2.21. The molecule has 0 N–H and O–H groups in total. The molecule has 0 aliphatic rings. The van der Waals surface area contributed by atoms with Gasteiger partial charge in [-0.25, -0.2) is 4.68 Å². The van der Waals surface area contributed by atoms with Gasteiger partial charge in [-0.1, -0.05) is 90.1 Å². The van der Waals surface area contributed by atoms with E-state index in [1.165, 1.54) is 16.7 Å². The van der Waals surface area contributed by atoms with Crippen LogP contribution in [0.2, 0.25) is 0 Å². The Morgan fingerprint density at radius 3 is 1.93 bits per heavy atom. The fourth-order valence-corrected chi connectivity index (χ4v) is 3.07. The topological polar surface area (TPSA) is 17.8 Å². The summed E-state index contributed by atoms with van der Waals surface area (Å²) in [5.74, 6) is 0. The van der Waals surface area contributed by atoms with Gasteiger partial charge in [0.05, 0.1) is 11.4 Å². The Labute approximate surface area is 163 Å². The van der Waals surface area contributed by atoms with Crippen molar-refractivity contribution in [2.75, 3.05) is 0 Å². The molecule has 2 nitrogen and oxygen atoms in total. The molecule has 0 atom stereocenters. The average molecular weight is 359 g/mol. The predicted molar refractivity (Wildman–Crippen MR) is 116 cm³/mol. The largest absolute Gasteiger partial charge is 0.240 e. The van der Waals surface area contributed by atoms with Crippen LogP contribution in [-0.4, -0.2) is 9.78 Å². The third-order valence-corrected chi connectivity index (χ3v) is 4.78. The van der Waals surface area contributed by atoms with Gasteiger partial charge >= 0.3 is 0 Å². The molecular formula is C25H30N2. The molecule has 0 amide bonds. The number of rotatable bonds is 3. The Hall–Kier alpha value is -2.61. The van der Waals surface area contributed by atoms with Crippen molar-refractivity contribution in [1.29, 1.82) is 0 Å². The molecule has 0 fully saturated rings. The maximum Gasteiger partial charge on any atom is 0.0892 e. The lowest BCUT2D eigenvalue weighted by Crippen LogP contribution is -2.11. The first-order chi connectivity index (χ1) is 12.6. The van der Waals surface area contributed by atoms with Crippen molar-refractivity contribution in [3.8, 4) is 5.69 Å². The minimum atomic E-state index is 0.0306. The first kappa shape index (κ1) is 19.2. The summed E-state index contributed by atoms with van der Waals surface area (Å²) in [6, 6.07) is 19.1. The van der Waals surface area contributed by atoms with Crippen LogP contribution in [0.5, 0.6) is 0 Å². The molecule has 1 heterocycles. The van der Waals surface area contributed by atoms with Crippen LogP contribution in [0, 0.1) is 0 Å². The monoisotopic (exact) mass is 358 g/mol. The van der Waals surface area contributed by atoms with E-state index in [0.717, 1.165) is 11.4 Å². The van der Waals surface area contributed by atoms with Crippen LogP contribution in [0.3, 0.4) is 0 Å². The van der Waals surface area contributed by atoms with Crippen LogP contribution < -0.4 is 0 Å². The van der Waals surface area contributed by atoms with Crippen molar-refractivity contribution in [3.05, 3.63) is 83.2 Å². The SMILES string of the molecule is CC(C)(C)c1ccc(C=Cc2nn(-c3ccccc3)cc2C(C)(C)C)cc1. The van der Waals surface area contributed by atoms with Gasteiger partial charge in [0, 0.05) is 11.8 Å². The van der Waals surface area contributed by atoms with E-state index in [0.29, 0.717) is 0 Å². The van der Waals surface area contributed by atoms with Gasteiger partial charge in [0.25, 0.3) is 0 Å². The number of hydrogen-bond acceptors (Lipinski definition) is 1. The van der Waals surface area contributed by atoms with E-state index in [1.54, 1.807) is 0 Å². The zero-order valence-corrected chi connectivity index (χ0v) is 17.3. The highest BCUT2D eigenvalue weighted by atomic mass is 15.3. The maximum atomic E-state index is 4.85. The maximum absolute atomic E-state index is 4.85. The molecule has 0 saturated heterocycles. The van der Waals surface area contributed by atoms with Crippen molar-refractivity contribution in [1.82, 2.24) is 9.78 Å². The molecule has 3 aromatic rings. The summed E-state index contributed by atoms with van der Waals surface area (Å²) in [7, 11) is 0. The molecule has 2 aromatic carbocycles. The van der Waals surface area contributed by atoms with Crippen LogP contribution in [0.4, 0.5) is 0 Å². The van der Waals surface area contributed by atoms with E-state index < -0.39 is 0 Å².